The van der Waals surface area contributed by atoms with Crippen LogP contribution in [0.5, 0.6) is 0 Å². The topological polar surface area (TPSA) is 72.0 Å². The first kappa shape index (κ1) is 18.3. The van der Waals surface area contributed by atoms with Gasteiger partial charge in [-0.05, 0) is 18.4 Å². The number of anilines is 1. The molecule has 0 bridgehead atoms. The maximum Gasteiger partial charge on any atom is 0.226 e. The summed E-state index contributed by atoms with van der Waals surface area (Å²) in [7, 11) is 0. The summed E-state index contributed by atoms with van der Waals surface area (Å²) in [6, 6.07) is 7.55. The van der Waals surface area contributed by atoms with Crippen molar-refractivity contribution >= 4 is 28.2 Å². The summed E-state index contributed by atoms with van der Waals surface area (Å²) in [5, 5.41) is 12.2. The maximum absolute atomic E-state index is 12.1. The third-order valence-electron chi connectivity index (χ3n) is 3.72. The Balaban J connectivity index is 1.79. The van der Waals surface area contributed by atoms with Crippen LogP contribution in [0.3, 0.4) is 0 Å². The molecule has 0 aliphatic carbocycles. The van der Waals surface area contributed by atoms with Crippen LogP contribution in [0.1, 0.15) is 60.5 Å². The largest absolute Gasteiger partial charge is 0.301 e. The molecule has 0 saturated carbocycles. The summed E-state index contributed by atoms with van der Waals surface area (Å²) in [4.78, 5) is 24.1. The fraction of sp³-hybridized carbons (Fsp3) is 0.444. The quantitative estimate of drug-likeness (QED) is 0.696. The molecule has 0 atom stereocenters. The van der Waals surface area contributed by atoms with Crippen LogP contribution in [0.15, 0.2) is 24.3 Å². The second-order valence-electron chi connectivity index (χ2n) is 5.63. The number of benzene rings is 1. The van der Waals surface area contributed by atoms with Crippen LogP contribution >= 0.6 is 11.3 Å². The Morgan fingerprint density at radius 3 is 2.50 bits per heavy atom. The first-order valence-corrected chi connectivity index (χ1v) is 9.18. The smallest absolute Gasteiger partial charge is 0.226 e. The van der Waals surface area contributed by atoms with Gasteiger partial charge < -0.3 is 5.32 Å². The summed E-state index contributed by atoms with van der Waals surface area (Å²) in [6.07, 6.45) is 4.34. The van der Waals surface area contributed by atoms with Gasteiger partial charge in [0.2, 0.25) is 11.0 Å². The summed E-state index contributed by atoms with van der Waals surface area (Å²) in [5.74, 6) is -0.222. The van der Waals surface area contributed by atoms with E-state index in [0.717, 1.165) is 30.7 Å². The lowest BCUT2D eigenvalue weighted by Gasteiger charge is -2.03. The Morgan fingerprint density at radius 2 is 1.83 bits per heavy atom. The zero-order valence-corrected chi connectivity index (χ0v) is 15.0. The number of aromatic nitrogens is 2. The number of Topliss-reactive ketones (excluding diaryl/α,β-unsaturated/α-hetero) is 1. The highest BCUT2D eigenvalue weighted by Crippen LogP contribution is 2.17. The lowest BCUT2D eigenvalue weighted by atomic mass is 10.0. The molecule has 6 heteroatoms. The number of rotatable bonds is 9. The second-order valence-corrected chi connectivity index (χ2v) is 6.69. The lowest BCUT2D eigenvalue weighted by Crippen LogP contribution is -2.13. The zero-order valence-electron chi connectivity index (χ0n) is 14.2. The molecule has 0 spiro atoms. The van der Waals surface area contributed by atoms with E-state index in [-0.39, 0.29) is 24.5 Å². The maximum atomic E-state index is 12.1. The van der Waals surface area contributed by atoms with Crippen LogP contribution < -0.4 is 5.32 Å². The molecule has 0 aliphatic rings. The number of unbranched alkanes of at least 4 members (excludes halogenated alkanes) is 1. The predicted molar refractivity (Wildman–Crippen MR) is 96.5 cm³/mol. The molecule has 128 valence electrons. The van der Waals surface area contributed by atoms with Gasteiger partial charge in [-0.15, -0.1) is 10.2 Å². The minimum atomic E-state index is -0.202. The van der Waals surface area contributed by atoms with Gasteiger partial charge >= 0.3 is 0 Å². The van der Waals surface area contributed by atoms with Crippen LogP contribution in [0.2, 0.25) is 0 Å². The van der Waals surface area contributed by atoms with E-state index in [1.807, 2.05) is 24.3 Å². The Bertz CT molecular complexity index is 680. The number of nitrogens with zero attached hydrogens (tertiary/aromatic N) is 2. The molecular weight excluding hydrogens is 322 g/mol. The normalized spacial score (nSPS) is 10.6. The lowest BCUT2D eigenvalue weighted by molar-refractivity contribution is -0.116. The number of aryl methyl sites for hydroxylation is 2. The molecule has 2 rings (SSSR count). The summed E-state index contributed by atoms with van der Waals surface area (Å²) >= 11 is 1.40. The molecule has 0 radical (unpaired) electrons. The first-order valence-electron chi connectivity index (χ1n) is 8.36. The number of carbonyl (C=O) groups excluding carboxylic acids is 2. The predicted octanol–water partition coefficient (Wildman–Crippen LogP) is 4.04. The van der Waals surface area contributed by atoms with Gasteiger partial charge in [0.25, 0.3) is 0 Å². The van der Waals surface area contributed by atoms with Gasteiger partial charge in [-0.25, -0.2) is 0 Å². The third kappa shape index (κ3) is 5.53. The van der Waals surface area contributed by atoms with Crippen LogP contribution in [0.25, 0.3) is 0 Å². The third-order valence-corrected chi connectivity index (χ3v) is 4.62. The van der Waals surface area contributed by atoms with E-state index in [0.29, 0.717) is 10.7 Å². The highest BCUT2D eigenvalue weighted by atomic mass is 32.1. The van der Waals surface area contributed by atoms with E-state index in [1.165, 1.54) is 16.9 Å². The fourth-order valence-electron chi connectivity index (χ4n) is 2.21. The van der Waals surface area contributed by atoms with Crippen molar-refractivity contribution in [1.29, 1.82) is 0 Å². The van der Waals surface area contributed by atoms with Gasteiger partial charge in [0.1, 0.15) is 5.01 Å². The Kier molecular flexibility index (Phi) is 7.06. The van der Waals surface area contributed by atoms with Crippen LogP contribution in [0, 0.1) is 0 Å². The molecular formula is C18H23N3O2S. The fourth-order valence-corrected chi connectivity index (χ4v) is 3.01. The molecule has 0 fully saturated rings. The SMILES string of the molecule is CCCCc1nnc(NC(=O)CCC(=O)c2ccc(CC)cc2)s1. The number of nitrogens with one attached hydrogen (secondary N) is 1. The van der Waals surface area contributed by atoms with Gasteiger partial charge in [-0.3, -0.25) is 9.59 Å². The number of ketones is 1. The van der Waals surface area contributed by atoms with Gasteiger partial charge in [-0.1, -0.05) is 55.9 Å². The molecule has 1 aromatic heterocycles. The zero-order chi connectivity index (χ0) is 17.4. The molecule has 0 unspecified atom stereocenters. The minimum Gasteiger partial charge on any atom is -0.301 e. The average molecular weight is 345 g/mol. The Morgan fingerprint density at radius 1 is 1.08 bits per heavy atom. The van der Waals surface area contributed by atoms with Crippen molar-refractivity contribution in [1.82, 2.24) is 10.2 Å². The molecule has 0 saturated heterocycles. The van der Waals surface area contributed by atoms with Gasteiger partial charge in [0.05, 0.1) is 0 Å². The molecule has 5 nitrogen and oxygen atoms in total. The van der Waals surface area contributed by atoms with Crippen molar-refractivity contribution in [2.24, 2.45) is 0 Å². The molecule has 24 heavy (non-hydrogen) atoms. The highest BCUT2D eigenvalue weighted by molar-refractivity contribution is 7.15. The average Bonchev–Trinajstić information content (AvgIpc) is 3.05. The van der Waals surface area contributed by atoms with Crippen molar-refractivity contribution in [2.75, 3.05) is 5.32 Å². The number of amides is 1. The number of carbonyl (C=O) groups is 2. The minimum absolute atomic E-state index is 0.0197. The number of hydrogen-bond donors (Lipinski definition) is 1. The van der Waals surface area contributed by atoms with Crippen molar-refractivity contribution in [3.8, 4) is 0 Å². The van der Waals surface area contributed by atoms with E-state index in [2.05, 4.69) is 29.4 Å². The molecule has 1 aromatic carbocycles. The molecule has 1 N–H and O–H groups in total. The van der Waals surface area contributed by atoms with Gasteiger partial charge in [-0.2, -0.15) is 0 Å². The van der Waals surface area contributed by atoms with E-state index >= 15 is 0 Å². The van der Waals surface area contributed by atoms with E-state index in [9.17, 15) is 9.59 Å². The van der Waals surface area contributed by atoms with Gasteiger partial charge in [0.15, 0.2) is 5.78 Å². The molecule has 1 amide bonds. The van der Waals surface area contributed by atoms with Crippen molar-refractivity contribution in [2.45, 2.75) is 52.4 Å². The van der Waals surface area contributed by atoms with E-state index in [1.54, 1.807) is 0 Å². The molecule has 2 aromatic rings. The molecule has 1 heterocycles. The number of hydrogen-bond acceptors (Lipinski definition) is 5. The van der Waals surface area contributed by atoms with Crippen molar-refractivity contribution in [3.05, 3.63) is 40.4 Å². The van der Waals surface area contributed by atoms with E-state index < -0.39 is 0 Å². The summed E-state index contributed by atoms with van der Waals surface area (Å²) < 4.78 is 0. The van der Waals surface area contributed by atoms with Gasteiger partial charge in [0, 0.05) is 24.8 Å². The standard InChI is InChI=1S/C18H23N3O2S/c1-3-5-6-17-20-21-18(24-17)19-16(23)12-11-15(22)14-9-7-13(4-2)8-10-14/h7-10H,3-6,11-12H2,1-2H3,(H,19,21,23). The van der Waals surface area contributed by atoms with Crippen molar-refractivity contribution < 1.29 is 9.59 Å². The van der Waals surface area contributed by atoms with Crippen LogP contribution in [0.4, 0.5) is 5.13 Å². The Labute approximate surface area is 146 Å². The van der Waals surface area contributed by atoms with E-state index in [4.69, 9.17) is 0 Å². The van der Waals surface area contributed by atoms with Crippen LogP contribution in [-0.4, -0.2) is 21.9 Å². The Hall–Kier alpha value is -2.08. The summed E-state index contributed by atoms with van der Waals surface area (Å²) in [5.41, 5.74) is 1.84. The second kappa shape index (κ2) is 9.27. The monoisotopic (exact) mass is 345 g/mol. The summed E-state index contributed by atoms with van der Waals surface area (Å²) in [6.45, 7) is 4.19. The highest BCUT2D eigenvalue weighted by Gasteiger charge is 2.11. The molecule has 0 aliphatic heterocycles. The van der Waals surface area contributed by atoms with Crippen molar-refractivity contribution in [3.63, 3.8) is 0 Å². The first-order chi connectivity index (χ1) is 11.6. The van der Waals surface area contributed by atoms with Crippen LogP contribution in [-0.2, 0) is 17.6 Å².